The highest BCUT2D eigenvalue weighted by Gasteiger charge is 2.12. The van der Waals surface area contributed by atoms with Crippen molar-refractivity contribution >= 4 is 5.69 Å². The Morgan fingerprint density at radius 2 is 1.76 bits per heavy atom. The number of nitrogens with zero attached hydrogens (tertiary/aromatic N) is 2. The van der Waals surface area contributed by atoms with Gasteiger partial charge in [-0.05, 0) is 32.8 Å². The van der Waals surface area contributed by atoms with Crippen LogP contribution < -0.4 is 10.6 Å². The monoisotopic (exact) mass is 235 g/mol. The fourth-order valence-electron chi connectivity index (χ4n) is 2.26. The van der Waals surface area contributed by atoms with Gasteiger partial charge in [0.25, 0.3) is 0 Å². The van der Waals surface area contributed by atoms with E-state index in [4.69, 9.17) is 5.73 Å². The molecule has 3 heteroatoms. The molecule has 1 heterocycles. The van der Waals surface area contributed by atoms with Gasteiger partial charge in [0, 0.05) is 42.3 Å². The lowest BCUT2D eigenvalue weighted by molar-refractivity contribution is 0.736. The number of hydrogen-bond acceptors (Lipinski definition) is 3. The van der Waals surface area contributed by atoms with Crippen molar-refractivity contribution in [2.24, 2.45) is 5.73 Å². The van der Waals surface area contributed by atoms with Crippen molar-refractivity contribution in [3.05, 3.63) is 23.0 Å². The van der Waals surface area contributed by atoms with Crippen molar-refractivity contribution in [1.29, 1.82) is 0 Å². The highest BCUT2D eigenvalue weighted by atomic mass is 15.1. The van der Waals surface area contributed by atoms with Crippen molar-refractivity contribution in [3.8, 4) is 0 Å². The van der Waals surface area contributed by atoms with Crippen LogP contribution in [0.3, 0.4) is 0 Å². The summed E-state index contributed by atoms with van der Waals surface area (Å²) in [5.74, 6) is 0. The molecular formula is C14H25N3. The third-order valence-electron chi connectivity index (χ3n) is 2.97. The summed E-state index contributed by atoms with van der Waals surface area (Å²) in [5, 5.41) is 0. The molecule has 1 aromatic rings. The summed E-state index contributed by atoms with van der Waals surface area (Å²) in [6.07, 6.45) is 2.31. The summed E-state index contributed by atoms with van der Waals surface area (Å²) in [6, 6.07) is 2.17. The molecule has 0 saturated heterocycles. The normalized spacial score (nSPS) is 10.6. The zero-order valence-electron chi connectivity index (χ0n) is 11.6. The molecule has 0 bridgehead atoms. The summed E-state index contributed by atoms with van der Waals surface area (Å²) in [7, 11) is 0. The molecule has 1 rings (SSSR count). The van der Waals surface area contributed by atoms with E-state index in [9.17, 15) is 0 Å². The third kappa shape index (κ3) is 3.43. The van der Waals surface area contributed by atoms with Gasteiger partial charge in [0.2, 0.25) is 0 Å². The molecule has 0 unspecified atom stereocenters. The van der Waals surface area contributed by atoms with E-state index >= 15 is 0 Å². The first-order chi connectivity index (χ1) is 8.13. The molecule has 0 aromatic carbocycles. The first-order valence-electron chi connectivity index (χ1n) is 6.56. The van der Waals surface area contributed by atoms with Crippen LogP contribution in [0.4, 0.5) is 5.69 Å². The van der Waals surface area contributed by atoms with Crippen LogP contribution in [0, 0.1) is 13.8 Å². The van der Waals surface area contributed by atoms with Gasteiger partial charge in [-0.1, -0.05) is 13.8 Å². The number of rotatable bonds is 6. The van der Waals surface area contributed by atoms with Crippen LogP contribution in [0.1, 0.15) is 43.6 Å². The molecule has 0 aliphatic heterocycles. The maximum atomic E-state index is 5.86. The standard InChI is InChI=1S/C14H25N3/c1-5-7-17(8-6-2)14-9-11(3)16-12(4)13(14)10-15/h9H,5-8,10,15H2,1-4H3. The molecule has 17 heavy (non-hydrogen) atoms. The Labute approximate surface area is 105 Å². The molecular weight excluding hydrogens is 210 g/mol. The fraction of sp³-hybridized carbons (Fsp3) is 0.643. The van der Waals surface area contributed by atoms with Crippen LogP contribution in [0.5, 0.6) is 0 Å². The minimum atomic E-state index is 0.568. The lowest BCUT2D eigenvalue weighted by atomic mass is 10.1. The van der Waals surface area contributed by atoms with Crippen molar-refractivity contribution in [2.45, 2.75) is 47.1 Å². The van der Waals surface area contributed by atoms with Crippen molar-refractivity contribution < 1.29 is 0 Å². The molecule has 0 atom stereocenters. The van der Waals surface area contributed by atoms with Crippen LogP contribution in [-0.4, -0.2) is 18.1 Å². The quantitative estimate of drug-likeness (QED) is 0.824. The highest BCUT2D eigenvalue weighted by Crippen LogP contribution is 2.24. The molecule has 0 saturated carbocycles. The van der Waals surface area contributed by atoms with Gasteiger partial charge in [0.1, 0.15) is 0 Å². The van der Waals surface area contributed by atoms with Crippen LogP contribution in [0.25, 0.3) is 0 Å². The Bertz CT molecular complexity index is 355. The molecule has 0 aliphatic carbocycles. The fourth-order valence-corrected chi connectivity index (χ4v) is 2.26. The Balaban J connectivity index is 3.15. The molecule has 3 nitrogen and oxygen atoms in total. The average Bonchev–Trinajstić information content (AvgIpc) is 2.28. The van der Waals surface area contributed by atoms with Gasteiger partial charge >= 0.3 is 0 Å². The predicted octanol–water partition coefficient (Wildman–Crippen LogP) is 2.78. The van der Waals surface area contributed by atoms with E-state index in [1.807, 2.05) is 6.92 Å². The second-order valence-corrected chi connectivity index (χ2v) is 4.54. The van der Waals surface area contributed by atoms with E-state index < -0.39 is 0 Å². The number of nitrogens with two attached hydrogens (primary N) is 1. The Hall–Kier alpha value is -1.09. The average molecular weight is 235 g/mol. The SMILES string of the molecule is CCCN(CCC)c1cc(C)nc(C)c1CN. The van der Waals surface area contributed by atoms with Gasteiger partial charge in [-0.2, -0.15) is 0 Å². The first kappa shape index (κ1) is 14.0. The van der Waals surface area contributed by atoms with E-state index in [1.54, 1.807) is 0 Å². The molecule has 0 spiro atoms. The number of hydrogen-bond donors (Lipinski definition) is 1. The Morgan fingerprint density at radius 3 is 2.24 bits per heavy atom. The van der Waals surface area contributed by atoms with Crippen LogP contribution in [-0.2, 0) is 6.54 Å². The second-order valence-electron chi connectivity index (χ2n) is 4.54. The summed E-state index contributed by atoms with van der Waals surface area (Å²) in [5.41, 5.74) is 10.5. The largest absolute Gasteiger partial charge is 0.371 e. The minimum absolute atomic E-state index is 0.568. The molecule has 0 fully saturated rings. The number of aryl methyl sites for hydroxylation is 2. The Morgan fingerprint density at radius 1 is 1.18 bits per heavy atom. The van der Waals surface area contributed by atoms with Gasteiger partial charge in [-0.25, -0.2) is 0 Å². The zero-order chi connectivity index (χ0) is 12.8. The molecule has 96 valence electrons. The van der Waals surface area contributed by atoms with Crippen LogP contribution in [0.2, 0.25) is 0 Å². The van der Waals surface area contributed by atoms with Gasteiger partial charge in [0.15, 0.2) is 0 Å². The molecule has 0 aliphatic rings. The van der Waals surface area contributed by atoms with Gasteiger partial charge < -0.3 is 10.6 Å². The zero-order valence-corrected chi connectivity index (χ0v) is 11.6. The van der Waals surface area contributed by atoms with E-state index in [0.717, 1.165) is 37.3 Å². The first-order valence-corrected chi connectivity index (χ1v) is 6.56. The summed E-state index contributed by atoms with van der Waals surface area (Å²) in [6.45, 7) is 11.3. The van der Waals surface area contributed by atoms with Gasteiger partial charge in [-0.15, -0.1) is 0 Å². The van der Waals surface area contributed by atoms with Crippen molar-refractivity contribution in [2.75, 3.05) is 18.0 Å². The topological polar surface area (TPSA) is 42.2 Å². The number of anilines is 1. The maximum absolute atomic E-state index is 5.86. The van der Waals surface area contributed by atoms with Crippen molar-refractivity contribution in [1.82, 2.24) is 4.98 Å². The lowest BCUT2D eigenvalue weighted by Gasteiger charge is -2.27. The van der Waals surface area contributed by atoms with E-state index in [-0.39, 0.29) is 0 Å². The van der Waals surface area contributed by atoms with Gasteiger partial charge in [0.05, 0.1) is 0 Å². The van der Waals surface area contributed by atoms with Crippen molar-refractivity contribution in [3.63, 3.8) is 0 Å². The molecule has 0 amide bonds. The van der Waals surface area contributed by atoms with Crippen LogP contribution in [0.15, 0.2) is 6.07 Å². The minimum Gasteiger partial charge on any atom is -0.371 e. The smallest absolute Gasteiger partial charge is 0.0448 e. The van der Waals surface area contributed by atoms with Gasteiger partial charge in [-0.3, -0.25) is 4.98 Å². The lowest BCUT2D eigenvalue weighted by Crippen LogP contribution is -2.27. The Kier molecular flexibility index (Phi) is 5.42. The van der Waals surface area contributed by atoms with E-state index in [1.165, 1.54) is 11.3 Å². The molecule has 1 aromatic heterocycles. The highest BCUT2D eigenvalue weighted by molar-refractivity contribution is 5.56. The van der Waals surface area contributed by atoms with Crippen LogP contribution >= 0.6 is 0 Å². The molecule has 2 N–H and O–H groups in total. The number of pyridine rings is 1. The number of aromatic nitrogens is 1. The van der Waals surface area contributed by atoms with E-state index in [0.29, 0.717) is 6.54 Å². The summed E-state index contributed by atoms with van der Waals surface area (Å²) in [4.78, 5) is 6.94. The van der Waals surface area contributed by atoms with E-state index in [2.05, 4.69) is 36.7 Å². The molecule has 0 radical (unpaired) electrons. The summed E-state index contributed by atoms with van der Waals surface area (Å²) < 4.78 is 0. The second kappa shape index (κ2) is 6.60. The maximum Gasteiger partial charge on any atom is 0.0448 e. The third-order valence-corrected chi connectivity index (χ3v) is 2.97. The summed E-state index contributed by atoms with van der Waals surface area (Å²) >= 11 is 0. The predicted molar refractivity (Wildman–Crippen MR) is 74.4 cm³/mol.